The summed E-state index contributed by atoms with van der Waals surface area (Å²) >= 11 is 0. The van der Waals surface area contributed by atoms with Gasteiger partial charge < -0.3 is 9.72 Å². The molecular weight excluding hydrogens is 284 g/mol. The van der Waals surface area contributed by atoms with E-state index in [1.54, 1.807) is 5.56 Å². The third kappa shape index (κ3) is 1.84. The molecule has 23 heavy (non-hydrogen) atoms. The Balaban J connectivity index is 1.69. The molecule has 6 rings (SSSR count). The zero-order valence-electron chi connectivity index (χ0n) is 14.1. The molecule has 4 aliphatic rings. The average Bonchev–Trinajstić information content (AvgIpc) is 2.93. The van der Waals surface area contributed by atoms with E-state index in [0.717, 1.165) is 12.5 Å². The number of fused-ring (bicyclic) bond motifs is 4. The highest BCUT2D eigenvalue weighted by Gasteiger charge is 2.55. The maximum absolute atomic E-state index is 6.12. The average molecular weight is 310 g/mol. The number of nitrogens with one attached hydrogen (secondary N) is 1. The highest BCUT2D eigenvalue weighted by Crippen LogP contribution is 2.53. The molecule has 1 aliphatic carbocycles. The van der Waals surface area contributed by atoms with Gasteiger partial charge in [0.25, 0.3) is 0 Å². The molecule has 1 N–H and O–H groups in total. The number of nitrogens with zero attached hydrogens (tertiary/aromatic N) is 1. The van der Waals surface area contributed by atoms with Gasteiger partial charge in [-0.3, -0.25) is 4.90 Å². The quantitative estimate of drug-likeness (QED) is 0.916. The highest BCUT2D eigenvalue weighted by molar-refractivity contribution is 5.85. The minimum absolute atomic E-state index is 0.0685. The standard InChI is InChI=1S/C20H26N2O/c1-3-13-10-20(23-2)11-16-18-15(8-9-22(12-20)19(13)16)14-6-4-5-7-17(14)21-18/h4-7,13,16,19,21H,3,8-12H2,1-2H3/t13-,16-,19-,20-/m0/s1. The van der Waals surface area contributed by atoms with E-state index < -0.39 is 0 Å². The number of aromatic amines is 1. The van der Waals surface area contributed by atoms with Gasteiger partial charge in [0.05, 0.1) is 5.60 Å². The van der Waals surface area contributed by atoms with Crippen LogP contribution in [-0.4, -0.2) is 41.7 Å². The molecule has 1 aromatic heterocycles. The first kappa shape index (κ1) is 14.1. The molecule has 3 fully saturated rings. The summed E-state index contributed by atoms with van der Waals surface area (Å²) in [6, 6.07) is 9.53. The Morgan fingerprint density at radius 1 is 1.30 bits per heavy atom. The Kier molecular flexibility index (Phi) is 2.96. The topological polar surface area (TPSA) is 28.3 Å². The number of piperidine rings is 2. The number of para-hydroxylation sites is 1. The number of methoxy groups -OCH3 is 1. The third-order valence-corrected chi connectivity index (χ3v) is 6.86. The lowest BCUT2D eigenvalue weighted by molar-refractivity contribution is -0.153. The molecule has 0 spiro atoms. The van der Waals surface area contributed by atoms with Crippen molar-refractivity contribution < 1.29 is 4.74 Å². The van der Waals surface area contributed by atoms with Crippen molar-refractivity contribution in [2.45, 2.75) is 50.2 Å². The van der Waals surface area contributed by atoms with Gasteiger partial charge in [-0.15, -0.1) is 0 Å². The Labute approximate surface area is 138 Å². The SMILES string of the molecule is CC[C@H]1C[C@]2(OC)C[C@H]3c4[nH]c5ccccc5c4CCN(C2)[C@@H]13. The van der Waals surface area contributed by atoms with Gasteiger partial charge >= 0.3 is 0 Å². The molecule has 2 saturated heterocycles. The fourth-order valence-corrected chi connectivity index (χ4v) is 5.87. The normalized spacial score (nSPS) is 38.5. The van der Waals surface area contributed by atoms with Gasteiger partial charge in [0.1, 0.15) is 0 Å². The monoisotopic (exact) mass is 310 g/mol. The van der Waals surface area contributed by atoms with Crippen LogP contribution in [0.3, 0.4) is 0 Å². The van der Waals surface area contributed by atoms with E-state index in [0.29, 0.717) is 12.0 Å². The van der Waals surface area contributed by atoms with Crippen LogP contribution in [-0.2, 0) is 11.2 Å². The van der Waals surface area contributed by atoms with Crippen LogP contribution in [0.5, 0.6) is 0 Å². The molecule has 3 heteroatoms. The summed E-state index contributed by atoms with van der Waals surface area (Å²) in [6.45, 7) is 4.66. The third-order valence-electron chi connectivity index (χ3n) is 6.86. The van der Waals surface area contributed by atoms with Crippen molar-refractivity contribution in [3.63, 3.8) is 0 Å². The Bertz CT molecular complexity index is 751. The number of hydrogen-bond acceptors (Lipinski definition) is 2. The van der Waals surface area contributed by atoms with Gasteiger partial charge in [-0.25, -0.2) is 0 Å². The van der Waals surface area contributed by atoms with Crippen molar-refractivity contribution in [2.75, 3.05) is 20.2 Å². The lowest BCUT2D eigenvalue weighted by Crippen LogP contribution is -2.65. The van der Waals surface area contributed by atoms with Gasteiger partial charge in [0, 0.05) is 48.8 Å². The summed E-state index contributed by atoms with van der Waals surface area (Å²) in [4.78, 5) is 6.55. The second kappa shape index (κ2) is 4.84. The summed E-state index contributed by atoms with van der Waals surface area (Å²) in [6.07, 6.45) is 4.86. The molecule has 0 amide bonds. The predicted molar refractivity (Wildman–Crippen MR) is 92.9 cm³/mol. The Morgan fingerprint density at radius 3 is 3.00 bits per heavy atom. The van der Waals surface area contributed by atoms with Gasteiger partial charge in [0.2, 0.25) is 0 Å². The van der Waals surface area contributed by atoms with Crippen molar-refractivity contribution in [1.82, 2.24) is 9.88 Å². The largest absolute Gasteiger partial charge is 0.377 e. The summed E-state index contributed by atoms with van der Waals surface area (Å²) in [5.41, 5.74) is 4.46. The Morgan fingerprint density at radius 2 is 2.17 bits per heavy atom. The number of H-pyrrole nitrogens is 1. The van der Waals surface area contributed by atoms with Crippen LogP contribution < -0.4 is 0 Å². The molecule has 4 bridgehead atoms. The molecule has 1 aromatic carbocycles. The van der Waals surface area contributed by atoms with Crippen LogP contribution >= 0.6 is 0 Å². The predicted octanol–water partition coefficient (Wildman–Crippen LogP) is 3.70. The van der Waals surface area contributed by atoms with E-state index >= 15 is 0 Å². The lowest BCUT2D eigenvalue weighted by atomic mass is 9.63. The van der Waals surface area contributed by atoms with Crippen LogP contribution in [0.15, 0.2) is 24.3 Å². The molecule has 2 aromatic rings. The van der Waals surface area contributed by atoms with Crippen molar-refractivity contribution in [3.8, 4) is 0 Å². The van der Waals surface area contributed by atoms with Crippen LogP contribution in [0, 0.1) is 5.92 Å². The van der Waals surface area contributed by atoms with Gasteiger partial charge in [0.15, 0.2) is 0 Å². The van der Waals surface area contributed by atoms with Gasteiger partial charge in [-0.05, 0) is 36.8 Å². The van der Waals surface area contributed by atoms with Crippen molar-refractivity contribution in [1.29, 1.82) is 0 Å². The second-order valence-corrected chi connectivity index (χ2v) is 7.84. The molecule has 122 valence electrons. The van der Waals surface area contributed by atoms with E-state index in [-0.39, 0.29) is 5.60 Å². The Hall–Kier alpha value is -1.32. The van der Waals surface area contributed by atoms with E-state index in [1.807, 2.05) is 7.11 Å². The summed E-state index contributed by atoms with van der Waals surface area (Å²) in [5.74, 6) is 1.37. The van der Waals surface area contributed by atoms with E-state index in [2.05, 4.69) is 41.1 Å². The van der Waals surface area contributed by atoms with Crippen LogP contribution in [0.4, 0.5) is 0 Å². The molecule has 1 saturated carbocycles. The van der Waals surface area contributed by atoms with Crippen molar-refractivity contribution in [3.05, 3.63) is 35.5 Å². The van der Waals surface area contributed by atoms with Crippen LogP contribution in [0.2, 0.25) is 0 Å². The van der Waals surface area contributed by atoms with E-state index in [4.69, 9.17) is 4.74 Å². The number of hydrogen-bond donors (Lipinski definition) is 1. The van der Waals surface area contributed by atoms with E-state index in [1.165, 1.54) is 48.8 Å². The number of ether oxygens (including phenoxy) is 1. The first-order valence-corrected chi connectivity index (χ1v) is 9.13. The minimum Gasteiger partial charge on any atom is -0.377 e. The molecule has 3 nitrogen and oxygen atoms in total. The molecular formula is C20H26N2O. The first-order chi connectivity index (χ1) is 11.2. The molecule has 3 aliphatic heterocycles. The maximum atomic E-state index is 6.12. The summed E-state index contributed by atoms with van der Waals surface area (Å²) in [5, 5.41) is 1.44. The molecule has 4 heterocycles. The lowest BCUT2D eigenvalue weighted by Gasteiger charge is -2.58. The van der Waals surface area contributed by atoms with E-state index in [9.17, 15) is 0 Å². The first-order valence-electron chi connectivity index (χ1n) is 9.13. The number of rotatable bonds is 2. The van der Waals surface area contributed by atoms with Gasteiger partial charge in [-0.1, -0.05) is 31.5 Å². The maximum Gasteiger partial charge on any atom is 0.0815 e. The number of aromatic nitrogens is 1. The highest BCUT2D eigenvalue weighted by atomic mass is 16.5. The molecule has 1 unspecified atom stereocenters. The second-order valence-electron chi connectivity index (χ2n) is 7.84. The smallest absolute Gasteiger partial charge is 0.0815 e. The molecule has 5 atom stereocenters. The molecule has 0 radical (unpaired) electrons. The number of benzene rings is 1. The summed E-state index contributed by atoms with van der Waals surface area (Å²) < 4.78 is 6.12. The zero-order chi connectivity index (χ0) is 15.6. The minimum atomic E-state index is 0.0685. The van der Waals surface area contributed by atoms with Crippen molar-refractivity contribution >= 4 is 10.9 Å². The van der Waals surface area contributed by atoms with Crippen molar-refractivity contribution in [2.24, 2.45) is 5.92 Å². The van der Waals surface area contributed by atoms with Crippen LogP contribution in [0.25, 0.3) is 10.9 Å². The van der Waals surface area contributed by atoms with Gasteiger partial charge in [-0.2, -0.15) is 0 Å². The fraction of sp³-hybridized carbons (Fsp3) is 0.600. The zero-order valence-corrected chi connectivity index (χ0v) is 14.1. The fourth-order valence-electron chi connectivity index (χ4n) is 5.87. The van der Waals surface area contributed by atoms with Crippen LogP contribution in [0.1, 0.15) is 43.4 Å². The summed E-state index contributed by atoms with van der Waals surface area (Å²) in [7, 11) is 1.93.